The predicted octanol–water partition coefficient (Wildman–Crippen LogP) is 1.91. The Morgan fingerprint density at radius 1 is 1.31 bits per heavy atom. The lowest BCUT2D eigenvalue weighted by atomic mass is 10.1. The summed E-state index contributed by atoms with van der Waals surface area (Å²) in [4.78, 5) is 10.1. The van der Waals surface area contributed by atoms with Gasteiger partial charge in [0.15, 0.2) is 6.29 Å². The van der Waals surface area contributed by atoms with Gasteiger partial charge in [-0.05, 0) is 38.1 Å². The first-order valence-corrected chi connectivity index (χ1v) is 5.32. The molecule has 1 aromatic carbocycles. The molecule has 0 atom stereocenters. The molecule has 0 spiro atoms. The summed E-state index contributed by atoms with van der Waals surface area (Å²) in [6.07, 6.45) is 1.51. The summed E-state index contributed by atoms with van der Waals surface area (Å²) >= 11 is 0. The SMILES string of the molecule is FC1CCNCC1.O=Cc1ccccc1O. The van der Waals surface area contributed by atoms with E-state index in [9.17, 15) is 9.18 Å². The zero-order valence-electron chi connectivity index (χ0n) is 9.03. The summed E-state index contributed by atoms with van der Waals surface area (Å²) in [6.45, 7) is 1.72. The Bertz CT molecular complexity index is 325. The van der Waals surface area contributed by atoms with E-state index in [2.05, 4.69) is 5.32 Å². The normalized spacial score (nSPS) is 16.1. The van der Waals surface area contributed by atoms with E-state index in [0.717, 1.165) is 13.1 Å². The lowest BCUT2D eigenvalue weighted by Gasteiger charge is -2.14. The highest BCUT2D eigenvalue weighted by Gasteiger charge is 2.09. The van der Waals surface area contributed by atoms with Crippen LogP contribution in [0.1, 0.15) is 23.2 Å². The molecule has 2 rings (SSSR count). The Morgan fingerprint density at radius 2 is 1.94 bits per heavy atom. The number of phenols is 1. The molecule has 3 nitrogen and oxygen atoms in total. The second kappa shape index (κ2) is 6.95. The van der Waals surface area contributed by atoms with Gasteiger partial charge in [-0.2, -0.15) is 0 Å². The lowest BCUT2D eigenvalue weighted by molar-refractivity contribution is 0.112. The molecule has 0 radical (unpaired) electrons. The summed E-state index contributed by atoms with van der Waals surface area (Å²) in [5.41, 5.74) is 0.331. The van der Waals surface area contributed by atoms with Crippen molar-refractivity contribution in [3.63, 3.8) is 0 Å². The minimum absolute atomic E-state index is 0.0347. The molecule has 16 heavy (non-hydrogen) atoms. The first-order chi connectivity index (χ1) is 7.74. The maximum absolute atomic E-state index is 12.1. The average Bonchev–Trinajstić information content (AvgIpc) is 2.31. The number of nitrogens with one attached hydrogen (secondary N) is 1. The molecule has 0 saturated carbocycles. The maximum Gasteiger partial charge on any atom is 0.153 e. The topological polar surface area (TPSA) is 49.3 Å². The number of rotatable bonds is 1. The van der Waals surface area contributed by atoms with Crippen LogP contribution in [-0.2, 0) is 0 Å². The summed E-state index contributed by atoms with van der Waals surface area (Å²) in [6, 6.07) is 6.40. The first-order valence-electron chi connectivity index (χ1n) is 5.32. The molecule has 1 aliphatic rings. The van der Waals surface area contributed by atoms with Crippen LogP contribution >= 0.6 is 0 Å². The van der Waals surface area contributed by atoms with E-state index >= 15 is 0 Å². The Labute approximate surface area is 94.3 Å². The van der Waals surface area contributed by atoms with Gasteiger partial charge in [0.05, 0.1) is 5.56 Å². The molecule has 1 saturated heterocycles. The fraction of sp³-hybridized carbons (Fsp3) is 0.417. The molecule has 1 fully saturated rings. The van der Waals surface area contributed by atoms with Crippen LogP contribution in [0.5, 0.6) is 5.75 Å². The van der Waals surface area contributed by atoms with Crippen LogP contribution in [0.3, 0.4) is 0 Å². The van der Waals surface area contributed by atoms with Crippen molar-refractivity contribution < 1.29 is 14.3 Å². The second-order valence-corrected chi connectivity index (χ2v) is 3.60. The Balaban J connectivity index is 0.000000165. The number of piperidine rings is 1. The Kier molecular flexibility index (Phi) is 5.50. The number of alkyl halides is 1. The molecule has 0 aromatic heterocycles. The molecule has 1 heterocycles. The number of phenolic OH excluding ortho intramolecular Hbond substituents is 1. The van der Waals surface area contributed by atoms with Crippen molar-refractivity contribution >= 4 is 6.29 Å². The highest BCUT2D eigenvalue weighted by atomic mass is 19.1. The van der Waals surface area contributed by atoms with Crippen LogP contribution in [0.15, 0.2) is 24.3 Å². The smallest absolute Gasteiger partial charge is 0.153 e. The van der Waals surface area contributed by atoms with Gasteiger partial charge in [-0.25, -0.2) is 4.39 Å². The molecule has 88 valence electrons. The van der Waals surface area contributed by atoms with E-state index in [1.165, 1.54) is 6.07 Å². The van der Waals surface area contributed by atoms with Crippen LogP contribution in [0, 0.1) is 0 Å². The van der Waals surface area contributed by atoms with Crippen LogP contribution in [0.25, 0.3) is 0 Å². The molecule has 1 aliphatic heterocycles. The second-order valence-electron chi connectivity index (χ2n) is 3.60. The lowest BCUT2D eigenvalue weighted by Crippen LogP contribution is -2.28. The third-order valence-electron chi connectivity index (χ3n) is 2.33. The number of aromatic hydroxyl groups is 1. The number of carbonyl (C=O) groups is 1. The number of benzene rings is 1. The monoisotopic (exact) mass is 225 g/mol. The Morgan fingerprint density at radius 3 is 2.31 bits per heavy atom. The third kappa shape index (κ3) is 4.40. The summed E-state index contributed by atoms with van der Waals surface area (Å²) in [7, 11) is 0. The average molecular weight is 225 g/mol. The van der Waals surface area contributed by atoms with Gasteiger partial charge in [0.25, 0.3) is 0 Å². The van der Waals surface area contributed by atoms with E-state index in [4.69, 9.17) is 5.11 Å². The molecular formula is C12H16FNO2. The van der Waals surface area contributed by atoms with Crippen molar-refractivity contribution in [2.45, 2.75) is 19.0 Å². The molecule has 4 heteroatoms. The van der Waals surface area contributed by atoms with E-state index in [1.807, 2.05) is 0 Å². The minimum Gasteiger partial charge on any atom is -0.507 e. The molecule has 0 bridgehead atoms. The number of hydrogen-bond donors (Lipinski definition) is 2. The minimum atomic E-state index is -0.527. The highest BCUT2D eigenvalue weighted by Crippen LogP contribution is 2.11. The predicted molar refractivity (Wildman–Crippen MR) is 60.5 cm³/mol. The molecule has 2 N–H and O–H groups in total. The van der Waals surface area contributed by atoms with E-state index < -0.39 is 6.17 Å². The van der Waals surface area contributed by atoms with Crippen LogP contribution in [-0.4, -0.2) is 30.7 Å². The van der Waals surface area contributed by atoms with E-state index in [0.29, 0.717) is 24.7 Å². The number of aldehydes is 1. The highest BCUT2D eigenvalue weighted by molar-refractivity contribution is 5.78. The number of hydrogen-bond acceptors (Lipinski definition) is 3. The van der Waals surface area contributed by atoms with Crippen LogP contribution in [0.4, 0.5) is 4.39 Å². The van der Waals surface area contributed by atoms with E-state index in [1.54, 1.807) is 18.2 Å². The number of carbonyl (C=O) groups excluding carboxylic acids is 1. The van der Waals surface area contributed by atoms with Gasteiger partial charge in [-0.1, -0.05) is 12.1 Å². The van der Waals surface area contributed by atoms with Gasteiger partial charge >= 0.3 is 0 Å². The Hall–Kier alpha value is -1.42. The zero-order valence-corrected chi connectivity index (χ0v) is 9.03. The summed E-state index contributed by atoms with van der Waals surface area (Å²) in [5, 5.41) is 12.0. The van der Waals surface area contributed by atoms with Gasteiger partial charge in [0, 0.05) is 0 Å². The largest absolute Gasteiger partial charge is 0.507 e. The standard InChI is InChI=1S/C7H6O2.C5H10FN/c8-5-6-3-1-2-4-7(6)9;6-5-1-3-7-4-2-5/h1-5,9H;5,7H,1-4H2. The number of para-hydroxylation sites is 1. The summed E-state index contributed by atoms with van der Waals surface area (Å²) < 4.78 is 12.1. The molecule has 0 unspecified atom stereocenters. The molecule has 0 aliphatic carbocycles. The molecule has 0 amide bonds. The van der Waals surface area contributed by atoms with Gasteiger partial charge in [-0.15, -0.1) is 0 Å². The van der Waals surface area contributed by atoms with Crippen molar-refractivity contribution in [2.24, 2.45) is 0 Å². The van der Waals surface area contributed by atoms with Crippen molar-refractivity contribution in [2.75, 3.05) is 13.1 Å². The van der Waals surface area contributed by atoms with Crippen molar-refractivity contribution in [3.05, 3.63) is 29.8 Å². The van der Waals surface area contributed by atoms with Crippen molar-refractivity contribution in [3.8, 4) is 5.75 Å². The third-order valence-corrected chi connectivity index (χ3v) is 2.33. The summed E-state index contributed by atoms with van der Waals surface area (Å²) in [5.74, 6) is 0.0347. The van der Waals surface area contributed by atoms with Gasteiger partial charge < -0.3 is 10.4 Å². The fourth-order valence-corrected chi connectivity index (χ4v) is 1.37. The molecular weight excluding hydrogens is 209 g/mol. The fourth-order valence-electron chi connectivity index (χ4n) is 1.37. The quantitative estimate of drug-likeness (QED) is 0.718. The first kappa shape index (κ1) is 12.6. The van der Waals surface area contributed by atoms with E-state index in [-0.39, 0.29) is 5.75 Å². The van der Waals surface area contributed by atoms with Crippen LogP contribution in [0.2, 0.25) is 0 Å². The maximum atomic E-state index is 12.1. The molecule has 1 aromatic rings. The van der Waals surface area contributed by atoms with Crippen molar-refractivity contribution in [1.29, 1.82) is 0 Å². The number of halogens is 1. The van der Waals surface area contributed by atoms with Gasteiger partial charge in [0.2, 0.25) is 0 Å². The van der Waals surface area contributed by atoms with Crippen LogP contribution < -0.4 is 5.32 Å². The van der Waals surface area contributed by atoms with Crippen molar-refractivity contribution in [1.82, 2.24) is 5.32 Å². The zero-order chi connectivity index (χ0) is 11.8. The van der Waals surface area contributed by atoms with Gasteiger partial charge in [-0.3, -0.25) is 4.79 Å². The van der Waals surface area contributed by atoms with Gasteiger partial charge in [0.1, 0.15) is 11.9 Å².